The largest absolute Gasteiger partial charge is 0.496 e. The lowest BCUT2D eigenvalue weighted by molar-refractivity contribution is -0.135. The molecule has 0 atom stereocenters. The number of esters is 1. The number of hydrogen-bond acceptors (Lipinski definition) is 5. The van der Waals surface area contributed by atoms with E-state index in [1.54, 1.807) is 18.2 Å². The second kappa shape index (κ2) is 4.29. The van der Waals surface area contributed by atoms with E-state index < -0.39 is 11.8 Å². The summed E-state index contributed by atoms with van der Waals surface area (Å²) < 4.78 is 14.7. The Bertz CT molecular complexity index is 582. The minimum absolute atomic E-state index is 0.0850. The van der Waals surface area contributed by atoms with Crippen molar-refractivity contribution in [1.82, 2.24) is 0 Å². The van der Waals surface area contributed by atoms with Crippen LogP contribution in [0.4, 0.5) is 0 Å². The molecule has 1 aromatic carbocycles. The standard InChI is InChI=1S/C12H10O5/c1-15-8-4-3-7-5-6-17-11(7)9(8)10(13)12(14)16-2/h3-6H,1-2H3. The zero-order valence-corrected chi connectivity index (χ0v) is 9.35. The highest BCUT2D eigenvalue weighted by Gasteiger charge is 2.25. The van der Waals surface area contributed by atoms with E-state index in [1.165, 1.54) is 13.4 Å². The van der Waals surface area contributed by atoms with Gasteiger partial charge in [-0.2, -0.15) is 0 Å². The van der Waals surface area contributed by atoms with E-state index in [9.17, 15) is 9.59 Å². The van der Waals surface area contributed by atoms with Crippen molar-refractivity contribution in [2.24, 2.45) is 0 Å². The molecule has 0 unspecified atom stereocenters. The fourth-order valence-electron chi connectivity index (χ4n) is 1.59. The first-order valence-corrected chi connectivity index (χ1v) is 4.86. The van der Waals surface area contributed by atoms with Gasteiger partial charge in [0.15, 0.2) is 0 Å². The predicted octanol–water partition coefficient (Wildman–Crippen LogP) is 1.80. The van der Waals surface area contributed by atoms with E-state index in [4.69, 9.17) is 9.15 Å². The summed E-state index contributed by atoms with van der Waals surface area (Å²) in [5.74, 6) is -1.46. The molecule has 1 aromatic heterocycles. The highest BCUT2D eigenvalue weighted by molar-refractivity contribution is 6.43. The molecule has 0 bridgehead atoms. The molecule has 5 nitrogen and oxygen atoms in total. The summed E-state index contributed by atoms with van der Waals surface area (Å²) in [6.07, 6.45) is 1.44. The molecule has 2 rings (SSSR count). The molecule has 88 valence electrons. The SMILES string of the molecule is COC(=O)C(=O)c1c(OC)ccc2ccoc12. The maximum atomic E-state index is 11.9. The van der Waals surface area contributed by atoms with Gasteiger partial charge in [-0.15, -0.1) is 0 Å². The monoisotopic (exact) mass is 234 g/mol. The topological polar surface area (TPSA) is 65.7 Å². The molecule has 0 saturated carbocycles. The molecule has 0 aliphatic rings. The Labute approximate surface area is 96.9 Å². The number of hydrogen-bond donors (Lipinski definition) is 0. The lowest BCUT2D eigenvalue weighted by Gasteiger charge is -2.06. The number of furan rings is 1. The van der Waals surface area contributed by atoms with Gasteiger partial charge in [-0.1, -0.05) is 0 Å². The first-order valence-electron chi connectivity index (χ1n) is 4.86. The summed E-state index contributed by atoms with van der Waals surface area (Å²) in [7, 11) is 2.56. The van der Waals surface area contributed by atoms with Crippen LogP contribution >= 0.6 is 0 Å². The average molecular weight is 234 g/mol. The summed E-state index contributed by atoms with van der Waals surface area (Å²) in [4.78, 5) is 23.1. The van der Waals surface area contributed by atoms with Crippen molar-refractivity contribution in [3.05, 3.63) is 30.0 Å². The van der Waals surface area contributed by atoms with Crippen molar-refractivity contribution < 1.29 is 23.5 Å². The number of ketones is 1. The Kier molecular flexibility index (Phi) is 2.82. The number of rotatable bonds is 3. The van der Waals surface area contributed by atoms with Crippen molar-refractivity contribution in [1.29, 1.82) is 0 Å². The molecule has 2 aromatic rings. The van der Waals surface area contributed by atoms with E-state index in [-0.39, 0.29) is 11.3 Å². The molecule has 0 N–H and O–H groups in total. The van der Waals surface area contributed by atoms with E-state index in [0.717, 1.165) is 12.5 Å². The summed E-state index contributed by atoms with van der Waals surface area (Å²) in [6.45, 7) is 0. The molecule has 0 spiro atoms. The fourth-order valence-corrected chi connectivity index (χ4v) is 1.59. The van der Waals surface area contributed by atoms with E-state index in [2.05, 4.69) is 4.74 Å². The zero-order chi connectivity index (χ0) is 12.4. The van der Waals surface area contributed by atoms with Crippen LogP contribution in [0.1, 0.15) is 10.4 Å². The number of fused-ring (bicyclic) bond motifs is 1. The number of carbonyl (C=O) groups excluding carboxylic acids is 2. The molecule has 0 radical (unpaired) electrons. The summed E-state index contributed by atoms with van der Waals surface area (Å²) in [5.41, 5.74) is 0.404. The number of benzene rings is 1. The minimum Gasteiger partial charge on any atom is -0.496 e. The maximum absolute atomic E-state index is 11.9. The second-order valence-electron chi connectivity index (χ2n) is 3.30. The smallest absolute Gasteiger partial charge is 0.379 e. The first kappa shape index (κ1) is 11.2. The van der Waals surface area contributed by atoms with Crippen LogP contribution in [0.25, 0.3) is 11.0 Å². The molecule has 5 heteroatoms. The van der Waals surface area contributed by atoms with Gasteiger partial charge in [0.1, 0.15) is 16.9 Å². The van der Waals surface area contributed by atoms with Gasteiger partial charge in [0.25, 0.3) is 5.78 Å². The van der Waals surface area contributed by atoms with Gasteiger partial charge >= 0.3 is 5.97 Å². The van der Waals surface area contributed by atoms with Crippen LogP contribution in [-0.4, -0.2) is 26.0 Å². The quantitative estimate of drug-likeness (QED) is 0.460. The fraction of sp³-hybridized carbons (Fsp3) is 0.167. The van der Waals surface area contributed by atoms with Crippen LogP contribution in [0.5, 0.6) is 5.75 Å². The third kappa shape index (κ3) is 1.75. The normalized spacial score (nSPS) is 10.2. The molecule has 0 aliphatic heterocycles. The van der Waals surface area contributed by atoms with Gasteiger partial charge in [-0.05, 0) is 18.2 Å². The number of ether oxygens (including phenoxy) is 2. The van der Waals surface area contributed by atoms with Crippen LogP contribution in [0.2, 0.25) is 0 Å². The predicted molar refractivity (Wildman–Crippen MR) is 59.1 cm³/mol. The molecule has 0 aliphatic carbocycles. The lowest BCUT2D eigenvalue weighted by atomic mass is 10.1. The molecular weight excluding hydrogens is 224 g/mol. The molecule has 0 fully saturated rings. The summed E-state index contributed by atoms with van der Waals surface area (Å²) in [6, 6.07) is 5.04. The number of Topliss-reactive ketones (excluding diaryl/α,β-unsaturated/α-hetero) is 1. The van der Waals surface area contributed by atoms with Gasteiger partial charge in [-0.3, -0.25) is 4.79 Å². The van der Waals surface area contributed by atoms with E-state index in [0.29, 0.717) is 5.58 Å². The Morgan fingerprint density at radius 1 is 1.18 bits per heavy atom. The third-order valence-electron chi connectivity index (χ3n) is 2.40. The molecule has 0 amide bonds. The maximum Gasteiger partial charge on any atom is 0.379 e. The van der Waals surface area contributed by atoms with Crippen molar-refractivity contribution >= 4 is 22.7 Å². The Hall–Kier alpha value is -2.30. The number of methoxy groups -OCH3 is 2. The number of carbonyl (C=O) groups is 2. The lowest BCUT2D eigenvalue weighted by Crippen LogP contribution is -2.16. The van der Waals surface area contributed by atoms with Crippen molar-refractivity contribution in [3.63, 3.8) is 0 Å². The van der Waals surface area contributed by atoms with Crippen molar-refractivity contribution in [2.45, 2.75) is 0 Å². The summed E-state index contributed by atoms with van der Waals surface area (Å²) >= 11 is 0. The Morgan fingerprint density at radius 3 is 2.59 bits per heavy atom. The Morgan fingerprint density at radius 2 is 1.94 bits per heavy atom. The van der Waals surface area contributed by atoms with Crippen LogP contribution in [0.15, 0.2) is 28.9 Å². The highest BCUT2D eigenvalue weighted by Crippen LogP contribution is 2.29. The minimum atomic E-state index is -0.952. The van der Waals surface area contributed by atoms with Gasteiger partial charge in [-0.25, -0.2) is 4.79 Å². The summed E-state index contributed by atoms with van der Waals surface area (Å²) in [5, 5.41) is 0.720. The van der Waals surface area contributed by atoms with E-state index in [1.807, 2.05) is 0 Å². The zero-order valence-electron chi connectivity index (χ0n) is 9.35. The van der Waals surface area contributed by atoms with Gasteiger partial charge in [0, 0.05) is 5.39 Å². The molecular formula is C12H10O5. The van der Waals surface area contributed by atoms with Crippen LogP contribution in [-0.2, 0) is 9.53 Å². The first-order chi connectivity index (χ1) is 8.19. The van der Waals surface area contributed by atoms with Crippen molar-refractivity contribution in [2.75, 3.05) is 14.2 Å². The van der Waals surface area contributed by atoms with Gasteiger partial charge < -0.3 is 13.9 Å². The Balaban J connectivity index is 2.67. The molecule has 0 saturated heterocycles. The van der Waals surface area contributed by atoms with Gasteiger partial charge in [0.05, 0.1) is 20.5 Å². The van der Waals surface area contributed by atoms with Gasteiger partial charge in [0.2, 0.25) is 0 Å². The third-order valence-corrected chi connectivity index (χ3v) is 2.40. The van der Waals surface area contributed by atoms with Crippen LogP contribution in [0.3, 0.4) is 0 Å². The average Bonchev–Trinajstić information content (AvgIpc) is 2.83. The highest BCUT2D eigenvalue weighted by atomic mass is 16.5. The van der Waals surface area contributed by atoms with Crippen LogP contribution in [0, 0.1) is 0 Å². The second-order valence-corrected chi connectivity index (χ2v) is 3.30. The van der Waals surface area contributed by atoms with E-state index >= 15 is 0 Å². The molecule has 17 heavy (non-hydrogen) atoms. The van der Waals surface area contributed by atoms with Crippen molar-refractivity contribution in [3.8, 4) is 5.75 Å². The van der Waals surface area contributed by atoms with Crippen LogP contribution < -0.4 is 4.74 Å². The molecule has 1 heterocycles.